The van der Waals surface area contributed by atoms with Crippen LogP contribution >= 0.6 is 11.3 Å². The van der Waals surface area contributed by atoms with E-state index < -0.39 is 5.91 Å². The first kappa shape index (κ1) is 27.0. The van der Waals surface area contributed by atoms with Gasteiger partial charge in [0.25, 0.3) is 5.91 Å². The first-order chi connectivity index (χ1) is 20.0. The number of carbonyl (C=O) groups excluding carboxylic acids is 1. The molecule has 0 saturated carbocycles. The van der Waals surface area contributed by atoms with Crippen molar-refractivity contribution in [2.24, 2.45) is 0 Å². The van der Waals surface area contributed by atoms with Gasteiger partial charge in [0.1, 0.15) is 0 Å². The maximum Gasteiger partial charge on any atom is 0.277 e. The van der Waals surface area contributed by atoms with Crippen LogP contribution in [0.5, 0.6) is 0 Å². The smallest absolute Gasteiger partial charge is 0.277 e. The van der Waals surface area contributed by atoms with E-state index in [9.17, 15) is 4.79 Å². The molecule has 0 radical (unpaired) electrons. The van der Waals surface area contributed by atoms with Crippen molar-refractivity contribution in [2.75, 3.05) is 63.3 Å². The minimum Gasteiger partial charge on any atom is -0.378 e. The predicted molar refractivity (Wildman–Crippen MR) is 156 cm³/mol. The number of H-pyrrole nitrogens is 1. The van der Waals surface area contributed by atoms with Crippen LogP contribution in [0.2, 0.25) is 0 Å². The molecule has 4 aromatic heterocycles. The number of amides is 1. The molecule has 6 rings (SSSR count). The van der Waals surface area contributed by atoms with Crippen molar-refractivity contribution in [2.45, 2.75) is 6.54 Å². The summed E-state index contributed by atoms with van der Waals surface area (Å²) in [5, 5.41) is 17.2. The zero-order chi connectivity index (χ0) is 28.3. The molecule has 0 aliphatic carbocycles. The maximum absolute atomic E-state index is 11.8. The summed E-state index contributed by atoms with van der Waals surface area (Å²) in [6, 6.07) is 8.11. The third-order valence-electron chi connectivity index (χ3n) is 6.89. The largest absolute Gasteiger partial charge is 0.378 e. The van der Waals surface area contributed by atoms with Gasteiger partial charge < -0.3 is 19.4 Å². The summed E-state index contributed by atoms with van der Waals surface area (Å²) in [7, 11) is 4.03. The average molecular weight is 575 g/mol. The Balaban J connectivity index is 1.39. The van der Waals surface area contributed by atoms with Crippen molar-refractivity contribution in [1.82, 2.24) is 40.5 Å². The zero-order valence-corrected chi connectivity index (χ0v) is 23.6. The van der Waals surface area contributed by atoms with E-state index in [4.69, 9.17) is 19.9 Å². The fraction of sp³-hybridized carbons (Fsp3) is 0.333. The second kappa shape index (κ2) is 11.7. The summed E-state index contributed by atoms with van der Waals surface area (Å²) in [6.45, 7) is 4.81. The first-order valence-corrected chi connectivity index (χ1v) is 14.0. The lowest BCUT2D eigenvalue weighted by molar-refractivity contribution is 0.0705. The van der Waals surface area contributed by atoms with E-state index >= 15 is 0 Å². The van der Waals surface area contributed by atoms with Crippen LogP contribution in [0.1, 0.15) is 15.2 Å². The van der Waals surface area contributed by atoms with Gasteiger partial charge in [-0.2, -0.15) is 5.10 Å². The van der Waals surface area contributed by atoms with Crippen LogP contribution < -0.4 is 15.3 Å². The Labute approximate surface area is 239 Å². The molecule has 41 heavy (non-hydrogen) atoms. The Morgan fingerprint density at radius 1 is 1.15 bits per heavy atom. The second-order valence-electron chi connectivity index (χ2n) is 9.97. The first-order valence-electron chi connectivity index (χ1n) is 13.2. The van der Waals surface area contributed by atoms with Gasteiger partial charge in [-0.1, -0.05) is 12.1 Å². The molecule has 1 saturated heterocycles. The summed E-state index contributed by atoms with van der Waals surface area (Å²) < 4.78 is 6.64. The molecule has 1 aromatic carbocycles. The van der Waals surface area contributed by atoms with E-state index in [-0.39, 0.29) is 5.56 Å². The van der Waals surface area contributed by atoms with Crippen LogP contribution in [0.4, 0.5) is 11.8 Å². The van der Waals surface area contributed by atoms with Crippen molar-refractivity contribution in [3.63, 3.8) is 0 Å². The fourth-order valence-corrected chi connectivity index (χ4v) is 5.87. The number of morpholine rings is 1. The molecule has 1 amide bonds. The Bertz CT molecular complexity index is 1660. The van der Waals surface area contributed by atoms with Crippen LogP contribution in [0.15, 0.2) is 42.9 Å². The van der Waals surface area contributed by atoms with Gasteiger partial charge in [0, 0.05) is 54.4 Å². The van der Waals surface area contributed by atoms with Gasteiger partial charge in [0.05, 0.1) is 47.3 Å². The van der Waals surface area contributed by atoms with Crippen molar-refractivity contribution in [3.05, 3.63) is 53.3 Å². The normalized spacial score (nSPS) is 13.8. The number of ether oxygens (including phenoxy) is 1. The molecule has 13 nitrogen and oxygen atoms in total. The lowest BCUT2D eigenvalue weighted by Crippen LogP contribution is -2.36. The van der Waals surface area contributed by atoms with Crippen molar-refractivity contribution in [1.29, 1.82) is 0 Å². The molecule has 0 bridgehead atoms. The van der Waals surface area contributed by atoms with Crippen LogP contribution in [-0.2, 0) is 11.3 Å². The van der Waals surface area contributed by atoms with Gasteiger partial charge in [-0.25, -0.2) is 25.4 Å². The van der Waals surface area contributed by atoms with E-state index in [0.717, 1.165) is 57.0 Å². The maximum atomic E-state index is 11.8. The predicted octanol–water partition coefficient (Wildman–Crippen LogP) is 2.55. The molecule has 0 atom stereocenters. The monoisotopic (exact) mass is 574 g/mol. The number of thiophene rings is 1. The number of aromatic amines is 1. The molecule has 1 fully saturated rings. The Morgan fingerprint density at radius 2 is 1.95 bits per heavy atom. The highest BCUT2D eigenvalue weighted by molar-refractivity contribution is 7.19. The standard InChI is InChI=1S/C27H30N10O3S/c1-35(2)6-7-37(27-28-13-17(14-29-27)26(38)34-39)16-18-12-22-23(41-18)25(36-8-10-40-11-9-36)32-24(31-22)19-4-3-5-21-20(19)15-30-33-21/h3-5,12-15,39H,6-11,16H2,1-2H3,(H,30,33)(H,34,38). The van der Waals surface area contributed by atoms with Gasteiger partial charge in [-0.05, 0) is 26.2 Å². The van der Waals surface area contributed by atoms with Crippen molar-refractivity contribution in [3.8, 4) is 11.4 Å². The van der Waals surface area contributed by atoms with Crippen molar-refractivity contribution < 1.29 is 14.7 Å². The molecule has 14 heteroatoms. The minimum atomic E-state index is -0.656. The molecular formula is C27H30N10O3S. The third-order valence-corrected chi connectivity index (χ3v) is 7.99. The van der Waals surface area contributed by atoms with Crippen molar-refractivity contribution >= 4 is 50.1 Å². The van der Waals surface area contributed by atoms with Gasteiger partial charge in [-0.3, -0.25) is 15.1 Å². The zero-order valence-electron chi connectivity index (χ0n) is 22.7. The Hall–Kier alpha value is -4.24. The highest BCUT2D eigenvalue weighted by atomic mass is 32.1. The Morgan fingerprint density at radius 3 is 2.71 bits per heavy atom. The second-order valence-corrected chi connectivity index (χ2v) is 11.1. The average Bonchev–Trinajstić information content (AvgIpc) is 3.65. The number of nitrogens with zero attached hydrogens (tertiary/aromatic N) is 8. The Kier molecular flexibility index (Phi) is 7.69. The number of hydroxylamine groups is 1. The molecule has 0 unspecified atom stereocenters. The lowest BCUT2D eigenvalue weighted by atomic mass is 10.1. The summed E-state index contributed by atoms with van der Waals surface area (Å²) in [5.41, 5.74) is 4.53. The lowest BCUT2D eigenvalue weighted by Gasteiger charge is -2.28. The third kappa shape index (κ3) is 5.67. The van der Waals surface area contributed by atoms with Crippen LogP contribution in [0.25, 0.3) is 32.5 Å². The van der Waals surface area contributed by atoms with Gasteiger partial charge in [-0.15, -0.1) is 11.3 Å². The molecule has 5 aromatic rings. The number of rotatable bonds is 9. The number of fused-ring (bicyclic) bond motifs is 2. The fourth-order valence-electron chi connectivity index (χ4n) is 4.74. The number of likely N-dealkylation sites (N-methyl/N-ethyl adjacent to an activating group) is 1. The molecule has 1 aliphatic heterocycles. The number of benzene rings is 1. The van der Waals surface area contributed by atoms with E-state index in [0.29, 0.717) is 38.1 Å². The van der Waals surface area contributed by atoms with E-state index in [2.05, 4.69) is 40.9 Å². The van der Waals surface area contributed by atoms with E-state index in [1.54, 1.807) is 16.8 Å². The summed E-state index contributed by atoms with van der Waals surface area (Å²) in [6.07, 6.45) is 4.63. The highest BCUT2D eigenvalue weighted by Crippen LogP contribution is 2.36. The number of nitrogens with one attached hydrogen (secondary N) is 2. The molecule has 0 spiro atoms. The number of hydrogen-bond acceptors (Lipinski definition) is 12. The molecule has 5 heterocycles. The molecule has 1 aliphatic rings. The van der Waals surface area contributed by atoms with Crippen LogP contribution in [0, 0.1) is 0 Å². The molecule has 3 N–H and O–H groups in total. The number of anilines is 2. The van der Waals surface area contributed by atoms with E-state index in [1.165, 1.54) is 12.4 Å². The topological polar surface area (TPSA) is 149 Å². The number of hydrogen-bond donors (Lipinski definition) is 3. The summed E-state index contributed by atoms with van der Waals surface area (Å²) >= 11 is 1.66. The van der Waals surface area contributed by atoms with Gasteiger partial charge >= 0.3 is 0 Å². The molecular weight excluding hydrogens is 544 g/mol. The number of aromatic nitrogens is 6. The highest BCUT2D eigenvalue weighted by Gasteiger charge is 2.22. The summed E-state index contributed by atoms with van der Waals surface area (Å²) in [5.74, 6) is 1.39. The van der Waals surface area contributed by atoms with E-state index in [1.807, 2.05) is 38.5 Å². The van der Waals surface area contributed by atoms with Crippen LogP contribution in [-0.4, -0.2) is 99.6 Å². The minimum absolute atomic E-state index is 0.177. The quantitative estimate of drug-likeness (QED) is 0.176. The van der Waals surface area contributed by atoms with Gasteiger partial charge in [0.15, 0.2) is 11.6 Å². The number of carbonyl (C=O) groups is 1. The summed E-state index contributed by atoms with van der Waals surface area (Å²) in [4.78, 5) is 38.2. The SMILES string of the molecule is CN(C)CCN(Cc1cc2nc(-c3cccc4[nH]ncc34)nc(N3CCOCC3)c2s1)c1ncc(C(=O)NO)cn1. The molecule has 212 valence electrons. The van der Waals surface area contributed by atoms with Gasteiger partial charge in [0.2, 0.25) is 5.95 Å². The van der Waals surface area contributed by atoms with Crippen LogP contribution in [0.3, 0.4) is 0 Å².